The van der Waals surface area contributed by atoms with Crippen LogP contribution in [0.3, 0.4) is 0 Å². The van der Waals surface area contributed by atoms with Gasteiger partial charge in [-0.25, -0.2) is 0 Å². The number of ether oxygens (including phenoxy) is 5. The number of hydrogen-bond acceptors (Lipinski definition) is 15. The van der Waals surface area contributed by atoms with E-state index in [2.05, 4.69) is 0 Å². The third-order valence-electron chi connectivity index (χ3n) is 6.06. The van der Waals surface area contributed by atoms with Crippen LogP contribution in [0.15, 0.2) is 0 Å². The molecule has 3 aliphatic rings. The molecule has 15 nitrogen and oxygen atoms in total. The van der Waals surface area contributed by atoms with Gasteiger partial charge in [0.05, 0.1) is 19.3 Å². The van der Waals surface area contributed by atoms with Crippen LogP contribution >= 0.6 is 0 Å². The van der Waals surface area contributed by atoms with E-state index < -0.39 is 105 Å². The van der Waals surface area contributed by atoms with Gasteiger partial charge in [0.2, 0.25) is 0 Å². The fourth-order valence-electron chi connectivity index (χ4n) is 3.97. The number of rotatable bonds is 6. The second kappa shape index (κ2) is 11.0. The summed E-state index contributed by atoms with van der Waals surface area (Å²) in [5.74, 6) is 0. The first-order valence-corrected chi connectivity index (χ1v) is 10.4. The van der Waals surface area contributed by atoms with E-state index in [1.54, 1.807) is 0 Å². The molecular weight excluding hydrogens is 456 g/mol. The molecule has 0 amide bonds. The number of hydrogen-bond donors (Lipinski definition) is 10. The Labute approximate surface area is 187 Å². The maximum Gasteiger partial charge on any atom is 0.187 e. The van der Waals surface area contributed by atoms with Crippen molar-refractivity contribution in [3.05, 3.63) is 0 Å². The Hall–Kier alpha value is -0.600. The Morgan fingerprint density at radius 2 is 0.970 bits per heavy atom. The Morgan fingerprint density at radius 1 is 0.545 bits per heavy atom. The van der Waals surface area contributed by atoms with E-state index in [1.165, 1.54) is 6.92 Å². The summed E-state index contributed by atoms with van der Waals surface area (Å²) in [6.07, 6.45) is -24.1. The summed E-state index contributed by atoms with van der Waals surface area (Å²) in [5.41, 5.74) is 0. The second-order valence-electron chi connectivity index (χ2n) is 8.32. The molecule has 0 aromatic rings. The monoisotopic (exact) mass is 488 g/mol. The molecule has 33 heavy (non-hydrogen) atoms. The average molecular weight is 488 g/mol. The van der Waals surface area contributed by atoms with Crippen LogP contribution in [-0.2, 0) is 23.7 Å². The Kier molecular flexibility index (Phi) is 8.99. The highest BCUT2D eigenvalue weighted by Gasteiger charge is 2.53. The molecule has 0 spiro atoms. The van der Waals surface area contributed by atoms with Crippen molar-refractivity contribution in [3.63, 3.8) is 0 Å². The molecule has 3 heterocycles. The molecule has 0 bridgehead atoms. The minimum Gasteiger partial charge on any atom is -0.394 e. The van der Waals surface area contributed by atoms with Gasteiger partial charge in [-0.05, 0) is 6.92 Å². The van der Waals surface area contributed by atoms with E-state index in [1.807, 2.05) is 0 Å². The predicted octanol–water partition coefficient (Wildman–Crippen LogP) is -6.55. The van der Waals surface area contributed by atoms with E-state index in [-0.39, 0.29) is 0 Å². The van der Waals surface area contributed by atoms with Crippen LogP contribution < -0.4 is 0 Å². The zero-order valence-electron chi connectivity index (χ0n) is 17.6. The largest absolute Gasteiger partial charge is 0.394 e. The van der Waals surface area contributed by atoms with Crippen LogP contribution in [0, 0.1) is 0 Å². The van der Waals surface area contributed by atoms with Gasteiger partial charge in [0.25, 0.3) is 0 Å². The molecule has 0 saturated carbocycles. The molecule has 15 heteroatoms. The lowest BCUT2D eigenvalue weighted by Crippen LogP contribution is -2.66. The normalized spacial score (nSPS) is 53.7. The SMILES string of the molecule is C[C@@H]1O[C@@H](O)[C@@H](O[C@@H]2O[C@H](CO)[C@@H](O)[C@H](O)[C@H]2O)[C@H](O[C@@H]2O[C@H](CO)[C@@H](O)[C@H](O)[C@H]2O)[C@@H]1O. The molecule has 0 aromatic heterocycles. The minimum absolute atomic E-state index is 0.731. The summed E-state index contributed by atoms with van der Waals surface area (Å²) in [6, 6.07) is 0. The molecule has 3 rings (SSSR count). The number of aliphatic hydroxyl groups excluding tert-OH is 10. The van der Waals surface area contributed by atoms with Crippen molar-refractivity contribution in [3.8, 4) is 0 Å². The Bertz CT molecular complexity index is 622. The van der Waals surface area contributed by atoms with Gasteiger partial charge in [0.15, 0.2) is 18.9 Å². The van der Waals surface area contributed by atoms with E-state index in [0.29, 0.717) is 0 Å². The van der Waals surface area contributed by atoms with Crippen molar-refractivity contribution in [1.82, 2.24) is 0 Å². The van der Waals surface area contributed by atoms with Gasteiger partial charge in [0, 0.05) is 0 Å². The first kappa shape index (κ1) is 27.0. The van der Waals surface area contributed by atoms with Crippen LogP contribution in [0.1, 0.15) is 6.92 Å². The van der Waals surface area contributed by atoms with Gasteiger partial charge < -0.3 is 74.7 Å². The van der Waals surface area contributed by atoms with Crippen LogP contribution in [0.25, 0.3) is 0 Å². The van der Waals surface area contributed by atoms with Crippen molar-refractivity contribution >= 4 is 0 Å². The summed E-state index contributed by atoms with van der Waals surface area (Å²) in [6.45, 7) is -0.0778. The second-order valence-corrected chi connectivity index (χ2v) is 8.32. The molecule has 0 aromatic carbocycles. The lowest BCUT2D eigenvalue weighted by atomic mass is 9.96. The highest BCUT2D eigenvalue weighted by molar-refractivity contribution is 4.95. The highest BCUT2D eigenvalue weighted by atomic mass is 16.8. The van der Waals surface area contributed by atoms with Crippen molar-refractivity contribution in [2.24, 2.45) is 0 Å². The summed E-state index contributed by atoms with van der Waals surface area (Å²) in [4.78, 5) is 0. The molecule has 3 aliphatic heterocycles. The molecule has 0 unspecified atom stereocenters. The summed E-state index contributed by atoms with van der Waals surface area (Å²) in [5, 5.41) is 99.9. The first-order chi connectivity index (χ1) is 15.5. The van der Waals surface area contributed by atoms with Crippen molar-refractivity contribution in [2.45, 2.75) is 99.0 Å². The predicted molar refractivity (Wildman–Crippen MR) is 99.8 cm³/mol. The van der Waals surface area contributed by atoms with Gasteiger partial charge in [-0.2, -0.15) is 0 Å². The van der Waals surface area contributed by atoms with Crippen LogP contribution in [0.2, 0.25) is 0 Å². The van der Waals surface area contributed by atoms with E-state index in [0.717, 1.165) is 0 Å². The minimum atomic E-state index is -1.83. The Balaban J connectivity index is 1.80. The van der Waals surface area contributed by atoms with Gasteiger partial charge in [-0.1, -0.05) is 0 Å². The molecule has 0 aliphatic carbocycles. The zero-order chi connectivity index (χ0) is 24.6. The summed E-state index contributed by atoms with van der Waals surface area (Å²) >= 11 is 0. The Morgan fingerprint density at radius 3 is 1.39 bits per heavy atom. The first-order valence-electron chi connectivity index (χ1n) is 10.4. The van der Waals surface area contributed by atoms with Crippen LogP contribution in [-0.4, -0.2) is 156 Å². The third kappa shape index (κ3) is 5.32. The van der Waals surface area contributed by atoms with Crippen molar-refractivity contribution in [1.29, 1.82) is 0 Å². The smallest absolute Gasteiger partial charge is 0.187 e. The lowest BCUT2D eigenvalue weighted by molar-refractivity contribution is -0.385. The van der Waals surface area contributed by atoms with Crippen LogP contribution in [0.4, 0.5) is 0 Å². The van der Waals surface area contributed by atoms with Gasteiger partial charge >= 0.3 is 0 Å². The fourth-order valence-corrected chi connectivity index (χ4v) is 3.97. The summed E-state index contributed by atoms with van der Waals surface area (Å²) < 4.78 is 26.8. The van der Waals surface area contributed by atoms with Gasteiger partial charge in [-0.3, -0.25) is 0 Å². The van der Waals surface area contributed by atoms with Crippen molar-refractivity contribution < 1.29 is 74.7 Å². The van der Waals surface area contributed by atoms with Crippen LogP contribution in [0.5, 0.6) is 0 Å². The van der Waals surface area contributed by atoms with Gasteiger partial charge in [0.1, 0.15) is 67.1 Å². The van der Waals surface area contributed by atoms with E-state index >= 15 is 0 Å². The quantitative estimate of drug-likeness (QED) is 0.167. The molecule has 10 N–H and O–H groups in total. The summed E-state index contributed by atoms with van der Waals surface area (Å²) in [7, 11) is 0. The highest BCUT2D eigenvalue weighted by Crippen LogP contribution is 2.32. The van der Waals surface area contributed by atoms with Gasteiger partial charge in [-0.15, -0.1) is 0 Å². The topological polar surface area (TPSA) is 248 Å². The average Bonchev–Trinajstić information content (AvgIpc) is 2.79. The molecule has 194 valence electrons. The van der Waals surface area contributed by atoms with Crippen molar-refractivity contribution in [2.75, 3.05) is 13.2 Å². The maximum absolute atomic E-state index is 10.6. The third-order valence-corrected chi connectivity index (χ3v) is 6.06. The standard InChI is InChI=1S/C18H32O15/c1-4-7(21)14(32-17-12(26)10(24)8(22)5(2-19)30-17)15(16(28)29-4)33-18-13(27)11(25)9(23)6(3-20)31-18/h4-28H,2-3H2,1H3/t4-,5+,6+,7+,8+,9+,10-,11-,12+,13+,14+,15-,16+,17-,18-/m0/s1. The molecule has 15 atom stereocenters. The zero-order valence-corrected chi connectivity index (χ0v) is 17.6. The number of aliphatic hydroxyl groups is 10. The maximum atomic E-state index is 10.6. The lowest BCUT2D eigenvalue weighted by Gasteiger charge is -2.48. The van der Waals surface area contributed by atoms with E-state index in [4.69, 9.17) is 23.7 Å². The van der Waals surface area contributed by atoms with E-state index in [9.17, 15) is 51.1 Å². The molecular formula is C18H32O15. The molecule has 3 fully saturated rings. The fraction of sp³-hybridized carbons (Fsp3) is 1.00. The molecule has 3 saturated heterocycles. The molecule has 0 radical (unpaired) electrons.